The molecule has 1 aliphatic heterocycles. The molecule has 2 rings (SSSR count). The van der Waals surface area contributed by atoms with Crippen molar-refractivity contribution in [3.63, 3.8) is 0 Å². The summed E-state index contributed by atoms with van der Waals surface area (Å²) in [6.45, 7) is 4.12. The molecule has 17 heavy (non-hydrogen) atoms. The van der Waals surface area contributed by atoms with E-state index in [9.17, 15) is 4.79 Å². The lowest BCUT2D eigenvalue weighted by Gasteiger charge is -2.31. The van der Waals surface area contributed by atoms with Crippen LogP contribution in [-0.2, 0) is 6.42 Å². The van der Waals surface area contributed by atoms with Crippen molar-refractivity contribution >= 4 is 5.91 Å². The van der Waals surface area contributed by atoms with Gasteiger partial charge in [-0.25, -0.2) is 4.98 Å². The minimum Gasteiger partial charge on any atom is -0.336 e. The third-order valence-electron chi connectivity index (χ3n) is 3.20. The van der Waals surface area contributed by atoms with E-state index in [1.807, 2.05) is 11.8 Å². The van der Waals surface area contributed by atoms with Gasteiger partial charge in [0.15, 0.2) is 0 Å². The molecule has 0 aliphatic carbocycles. The van der Waals surface area contributed by atoms with Crippen molar-refractivity contribution in [3.05, 3.63) is 11.6 Å². The SMILES string of the molecule is CCc1nc(C(=O)N2CCCC(CN)C2)n[nH]1. The summed E-state index contributed by atoms with van der Waals surface area (Å²) in [5.74, 6) is 1.36. The maximum atomic E-state index is 12.1. The highest BCUT2D eigenvalue weighted by Gasteiger charge is 2.25. The molecule has 2 heterocycles. The van der Waals surface area contributed by atoms with Crippen molar-refractivity contribution in [1.82, 2.24) is 20.1 Å². The van der Waals surface area contributed by atoms with Gasteiger partial charge in [0, 0.05) is 19.5 Å². The Morgan fingerprint density at radius 1 is 1.65 bits per heavy atom. The lowest BCUT2D eigenvalue weighted by molar-refractivity contribution is 0.0666. The quantitative estimate of drug-likeness (QED) is 0.785. The zero-order valence-electron chi connectivity index (χ0n) is 10.1. The van der Waals surface area contributed by atoms with Crippen LogP contribution >= 0.6 is 0 Å². The molecule has 1 aromatic rings. The Kier molecular flexibility index (Phi) is 3.73. The van der Waals surface area contributed by atoms with Crippen molar-refractivity contribution in [2.75, 3.05) is 19.6 Å². The number of aromatic nitrogens is 3. The molecule has 94 valence electrons. The number of nitrogens with zero attached hydrogens (tertiary/aromatic N) is 3. The van der Waals surface area contributed by atoms with Crippen molar-refractivity contribution < 1.29 is 4.79 Å². The summed E-state index contributed by atoms with van der Waals surface area (Å²) >= 11 is 0. The Morgan fingerprint density at radius 2 is 2.47 bits per heavy atom. The molecule has 1 amide bonds. The van der Waals surface area contributed by atoms with E-state index in [1.54, 1.807) is 0 Å². The molecule has 0 bridgehead atoms. The van der Waals surface area contributed by atoms with Gasteiger partial charge in [-0.2, -0.15) is 0 Å². The van der Waals surface area contributed by atoms with Gasteiger partial charge in [0.1, 0.15) is 5.82 Å². The highest BCUT2D eigenvalue weighted by molar-refractivity contribution is 5.90. The Bertz CT molecular complexity index is 389. The van der Waals surface area contributed by atoms with Gasteiger partial charge >= 0.3 is 0 Å². The lowest BCUT2D eigenvalue weighted by Crippen LogP contribution is -2.42. The first kappa shape index (κ1) is 12.0. The molecule has 0 aromatic carbocycles. The fraction of sp³-hybridized carbons (Fsp3) is 0.727. The first-order valence-corrected chi connectivity index (χ1v) is 6.15. The van der Waals surface area contributed by atoms with Crippen LogP contribution in [0, 0.1) is 5.92 Å². The van der Waals surface area contributed by atoms with E-state index in [0.717, 1.165) is 38.2 Å². The molecule has 6 nitrogen and oxygen atoms in total. The number of aromatic amines is 1. The molecule has 1 atom stereocenters. The molecule has 0 radical (unpaired) electrons. The van der Waals surface area contributed by atoms with Crippen LogP contribution < -0.4 is 5.73 Å². The lowest BCUT2D eigenvalue weighted by atomic mass is 9.98. The number of amides is 1. The summed E-state index contributed by atoms with van der Waals surface area (Å²) in [5, 5.41) is 6.72. The van der Waals surface area contributed by atoms with Gasteiger partial charge < -0.3 is 10.6 Å². The molecule has 3 N–H and O–H groups in total. The Morgan fingerprint density at radius 3 is 3.12 bits per heavy atom. The number of piperidine rings is 1. The summed E-state index contributed by atoms with van der Waals surface area (Å²) in [7, 11) is 0. The smallest absolute Gasteiger partial charge is 0.293 e. The minimum atomic E-state index is -0.0842. The van der Waals surface area contributed by atoms with Gasteiger partial charge in [-0.3, -0.25) is 9.89 Å². The van der Waals surface area contributed by atoms with Crippen molar-refractivity contribution in [2.45, 2.75) is 26.2 Å². The van der Waals surface area contributed by atoms with Crippen molar-refractivity contribution in [3.8, 4) is 0 Å². The summed E-state index contributed by atoms with van der Waals surface area (Å²) in [6, 6.07) is 0. The normalized spacial score (nSPS) is 20.6. The zero-order chi connectivity index (χ0) is 12.3. The van der Waals surface area contributed by atoms with Crippen LogP contribution in [0.1, 0.15) is 36.2 Å². The Balaban J connectivity index is 2.03. The first-order chi connectivity index (χ1) is 8.24. The predicted molar refractivity (Wildman–Crippen MR) is 63.4 cm³/mol. The molecular formula is C11H19N5O. The van der Waals surface area contributed by atoms with E-state index in [2.05, 4.69) is 15.2 Å². The van der Waals surface area contributed by atoms with Crippen molar-refractivity contribution in [2.24, 2.45) is 11.7 Å². The molecule has 1 aliphatic rings. The molecule has 1 saturated heterocycles. The van der Waals surface area contributed by atoms with E-state index < -0.39 is 0 Å². The maximum Gasteiger partial charge on any atom is 0.293 e. The topological polar surface area (TPSA) is 87.9 Å². The molecule has 1 fully saturated rings. The number of H-pyrrole nitrogens is 1. The monoisotopic (exact) mass is 237 g/mol. The van der Waals surface area contributed by atoms with Crippen LogP contribution in [-0.4, -0.2) is 45.6 Å². The van der Waals surface area contributed by atoms with Crippen LogP contribution in [0.25, 0.3) is 0 Å². The second-order valence-corrected chi connectivity index (χ2v) is 4.45. The number of rotatable bonds is 3. The van der Waals surface area contributed by atoms with Crippen LogP contribution in [0.3, 0.4) is 0 Å². The van der Waals surface area contributed by atoms with Gasteiger partial charge in [-0.1, -0.05) is 6.92 Å². The number of aryl methyl sites for hydroxylation is 1. The van der Waals surface area contributed by atoms with Crippen LogP contribution in [0.4, 0.5) is 0 Å². The number of carbonyl (C=O) groups is 1. The van der Waals surface area contributed by atoms with Gasteiger partial charge in [-0.05, 0) is 25.3 Å². The molecule has 1 aromatic heterocycles. The second-order valence-electron chi connectivity index (χ2n) is 4.45. The van der Waals surface area contributed by atoms with Gasteiger partial charge in [-0.15, -0.1) is 5.10 Å². The third kappa shape index (κ3) is 2.63. The first-order valence-electron chi connectivity index (χ1n) is 6.15. The third-order valence-corrected chi connectivity index (χ3v) is 3.20. The van der Waals surface area contributed by atoms with E-state index in [-0.39, 0.29) is 11.7 Å². The average molecular weight is 237 g/mol. The highest BCUT2D eigenvalue weighted by Crippen LogP contribution is 2.16. The number of carbonyl (C=O) groups excluding carboxylic acids is 1. The molecule has 0 saturated carbocycles. The molecular weight excluding hydrogens is 218 g/mol. The van der Waals surface area contributed by atoms with E-state index >= 15 is 0 Å². The predicted octanol–water partition coefficient (Wildman–Crippen LogP) is 0.178. The average Bonchev–Trinajstić information content (AvgIpc) is 2.86. The summed E-state index contributed by atoms with van der Waals surface area (Å²) in [5.41, 5.74) is 5.65. The number of nitrogens with one attached hydrogen (secondary N) is 1. The number of likely N-dealkylation sites (tertiary alicyclic amines) is 1. The van der Waals surface area contributed by atoms with Gasteiger partial charge in [0.2, 0.25) is 5.82 Å². The van der Waals surface area contributed by atoms with Crippen LogP contribution in [0.2, 0.25) is 0 Å². The summed E-state index contributed by atoms with van der Waals surface area (Å²) < 4.78 is 0. The van der Waals surface area contributed by atoms with E-state index in [0.29, 0.717) is 12.5 Å². The van der Waals surface area contributed by atoms with E-state index in [1.165, 1.54) is 0 Å². The Hall–Kier alpha value is -1.43. The maximum absolute atomic E-state index is 12.1. The fourth-order valence-electron chi connectivity index (χ4n) is 2.13. The fourth-order valence-corrected chi connectivity index (χ4v) is 2.13. The zero-order valence-corrected chi connectivity index (χ0v) is 10.1. The van der Waals surface area contributed by atoms with Crippen molar-refractivity contribution in [1.29, 1.82) is 0 Å². The number of hydrogen-bond acceptors (Lipinski definition) is 4. The summed E-state index contributed by atoms with van der Waals surface area (Å²) in [6.07, 6.45) is 2.87. The highest BCUT2D eigenvalue weighted by atomic mass is 16.2. The van der Waals surface area contributed by atoms with Crippen LogP contribution in [0.15, 0.2) is 0 Å². The van der Waals surface area contributed by atoms with E-state index in [4.69, 9.17) is 5.73 Å². The molecule has 0 spiro atoms. The largest absolute Gasteiger partial charge is 0.336 e. The molecule has 6 heteroatoms. The van der Waals surface area contributed by atoms with Gasteiger partial charge in [0.05, 0.1) is 0 Å². The van der Waals surface area contributed by atoms with Gasteiger partial charge in [0.25, 0.3) is 5.91 Å². The summed E-state index contributed by atoms with van der Waals surface area (Å²) in [4.78, 5) is 18.1. The van der Waals surface area contributed by atoms with Crippen LogP contribution in [0.5, 0.6) is 0 Å². The number of nitrogens with two attached hydrogens (primary N) is 1. The minimum absolute atomic E-state index is 0.0842. The Labute approximate surface area is 101 Å². The molecule has 1 unspecified atom stereocenters. The number of hydrogen-bond donors (Lipinski definition) is 2. The standard InChI is InChI=1S/C11H19N5O/c1-2-9-13-10(15-14-9)11(17)16-5-3-4-8(6-12)7-16/h8H,2-7,12H2,1H3,(H,13,14,15). The second kappa shape index (κ2) is 5.27.